The minimum Gasteiger partial charge on any atom is -0.378 e. The SMILES string of the molecule is C[C@@H](NC(=O)C1=CC(N2CCOCC2)=NN2C1=N[C@H]1COC[C@H]12)c1cccc(C(F)F)c1F. The van der Waals surface area contributed by atoms with E-state index in [0.717, 1.165) is 6.07 Å². The molecular weight excluding hydrogens is 439 g/mol. The van der Waals surface area contributed by atoms with Gasteiger partial charge in [-0.3, -0.25) is 9.79 Å². The Kier molecular flexibility index (Phi) is 5.83. The number of carbonyl (C=O) groups excluding carboxylic acids is 1. The van der Waals surface area contributed by atoms with Gasteiger partial charge in [-0.15, -0.1) is 0 Å². The van der Waals surface area contributed by atoms with Crippen LogP contribution in [0.2, 0.25) is 0 Å². The predicted octanol–water partition coefficient (Wildman–Crippen LogP) is 2.01. The van der Waals surface area contributed by atoms with Crippen molar-refractivity contribution in [2.24, 2.45) is 10.1 Å². The number of nitrogens with zero attached hydrogens (tertiary/aromatic N) is 4. The molecule has 0 saturated carbocycles. The Hall–Kier alpha value is -2.92. The number of amides is 1. The molecule has 0 aromatic heterocycles. The van der Waals surface area contributed by atoms with Crippen molar-refractivity contribution >= 4 is 17.6 Å². The number of hydrogen-bond donors (Lipinski definition) is 1. The third-order valence-electron chi connectivity index (χ3n) is 6.25. The number of hydrazone groups is 1. The molecule has 1 N–H and O–H groups in total. The molecule has 2 saturated heterocycles. The minimum absolute atomic E-state index is 0.00452. The lowest BCUT2D eigenvalue weighted by Crippen LogP contribution is -2.47. The highest BCUT2D eigenvalue weighted by atomic mass is 19.3. The molecule has 5 rings (SSSR count). The normalized spacial score (nSPS) is 25.3. The van der Waals surface area contributed by atoms with Crippen LogP contribution in [0.25, 0.3) is 0 Å². The molecule has 0 aliphatic carbocycles. The average molecular weight is 463 g/mol. The largest absolute Gasteiger partial charge is 0.378 e. The van der Waals surface area contributed by atoms with Crippen molar-refractivity contribution in [3.05, 3.63) is 46.8 Å². The molecule has 4 aliphatic heterocycles. The molecule has 0 radical (unpaired) electrons. The molecule has 8 nitrogen and oxygen atoms in total. The Morgan fingerprint density at radius 2 is 1.94 bits per heavy atom. The maximum Gasteiger partial charge on any atom is 0.266 e. The van der Waals surface area contributed by atoms with Crippen LogP contribution in [-0.4, -0.2) is 79.1 Å². The Balaban J connectivity index is 1.42. The van der Waals surface area contributed by atoms with Gasteiger partial charge < -0.3 is 19.7 Å². The molecule has 0 bridgehead atoms. The maximum absolute atomic E-state index is 14.6. The number of alkyl halides is 2. The van der Waals surface area contributed by atoms with Crippen molar-refractivity contribution in [3.63, 3.8) is 0 Å². The lowest BCUT2D eigenvalue weighted by molar-refractivity contribution is -0.117. The number of fused-ring (bicyclic) bond motifs is 3. The van der Waals surface area contributed by atoms with Gasteiger partial charge in [0.1, 0.15) is 23.7 Å². The van der Waals surface area contributed by atoms with E-state index < -0.39 is 29.8 Å². The number of benzene rings is 1. The summed E-state index contributed by atoms with van der Waals surface area (Å²) in [4.78, 5) is 20.0. The zero-order chi connectivity index (χ0) is 23.1. The molecule has 1 aromatic rings. The summed E-state index contributed by atoms with van der Waals surface area (Å²) in [6, 6.07) is 2.74. The highest BCUT2D eigenvalue weighted by Gasteiger charge is 2.45. The van der Waals surface area contributed by atoms with Gasteiger partial charge in [0.15, 0.2) is 5.84 Å². The van der Waals surface area contributed by atoms with E-state index >= 15 is 0 Å². The van der Waals surface area contributed by atoms with Gasteiger partial charge in [-0.25, -0.2) is 18.2 Å². The predicted molar refractivity (Wildman–Crippen MR) is 113 cm³/mol. The van der Waals surface area contributed by atoms with Gasteiger partial charge in [0.05, 0.1) is 43.6 Å². The molecule has 1 aromatic carbocycles. The maximum atomic E-state index is 14.6. The fourth-order valence-electron chi connectivity index (χ4n) is 4.45. The second-order valence-corrected chi connectivity index (χ2v) is 8.33. The number of carbonyl (C=O) groups is 1. The summed E-state index contributed by atoms with van der Waals surface area (Å²) in [5.41, 5.74) is -0.389. The topological polar surface area (TPSA) is 78.8 Å². The van der Waals surface area contributed by atoms with Crippen LogP contribution < -0.4 is 5.32 Å². The Bertz CT molecular complexity index is 1040. The van der Waals surface area contributed by atoms with E-state index in [-0.39, 0.29) is 17.6 Å². The van der Waals surface area contributed by atoms with E-state index in [0.29, 0.717) is 56.8 Å². The van der Waals surface area contributed by atoms with Crippen LogP contribution in [0.5, 0.6) is 0 Å². The van der Waals surface area contributed by atoms with E-state index in [9.17, 15) is 18.0 Å². The first kappa shape index (κ1) is 21.9. The zero-order valence-electron chi connectivity index (χ0n) is 18.0. The molecule has 0 unspecified atom stereocenters. The first-order valence-corrected chi connectivity index (χ1v) is 10.9. The zero-order valence-corrected chi connectivity index (χ0v) is 18.0. The van der Waals surface area contributed by atoms with Gasteiger partial charge in [0.2, 0.25) is 0 Å². The molecule has 33 heavy (non-hydrogen) atoms. The van der Waals surface area contributed by atoms with Crippen LogP contribution in [0.3, 0.4) is 0 Å². The Morgan fingerprint density at radius 1 is 1.18 bits per heavy atom. The van der Waals surface area contributed by atoms with Crippen LogP contribution in [0, 0.1) is 5.82 Å². The smallest absolute Gasteiger partial charge is 0.266 e. The lowest BCUT2D eigenvalue weighted by atomic mass is 10.0. The van der Waals surface area contributed by atoms with Crippen molar-refractivity contribution in [2.45, 2.75) is 31.5 Å². The molecule has 1 amide bonds. The van der Waals surface area contributed by atoms with E-state index in [1.807, 2.05) is 4.90 Å². The van der Waals surface area contributed by atoms with Crippen molar-refractivity contribution in [1.29, 1.82) is 0 Å². The average Bonchev–Trinajstić information content (AvgIpc) is 3.40. The summed E-state index contributed by atoms with van der Waals surface area (Å²) < 4.78 is 51.8. The van der Waals surface area contributed by atoms with Gasteiger partial charge in [-0.05, 0) is 13.0 Å². The van der Waals surface area contributed by atoms with Crippen molar-refractivity contribution in [3.8, 4) is 0 Å². The third kappa shape index (κ3) is 3.99. The number of hydrogen-bond acceptors (Lipinski definition) is 7. The molecule has 2 fully saturated rings. The third-order valence-corrected chi connectivity index (χ3v) is 6.25. The standard InChI is InChI=1S/C22H24F3N5O3/c1-12(13-3-2-4-14(19(13)23)20(24)25)26-22(31)15-9-18(29-5-7-32-8-6-29)28-30-17-11-33-10-16(17)27-21(15)30/h2-4,9,12,16-17,20H,5-8,10-11H2,1H3,(H,26,31)/t12-,16+,17-/m1/s1. The first-order chi connectivity index (χ1) is 15.9. The molecule has 3 atom stereocenters. The minimum atomic E-state index is -2.94. The lowest BCUT2D eigenvalue weighted by Gasteiger charge is -2.33. The molecule has 176 valence electrons. The summed E-state index contributed by atoms with van der Waals surface area (Å²) >= 11 is 0. The second-order valence-electron chi connectivity index (χ2n) is 8.33. The highest BCUT2D eigenvalue weighted by molar-refractivity contribution is 6.25. The van der Waals surface area contributed by atoms with E-state index in [1.54, 1.807) is 18.0 Å². The first-order valence-electron chi connectivity index (χ1n) is 10.9. The summed E-state index contributed by atoms with van der Waals surface area (Å²) in [7, 11) is 0. The molecular formula is C22H24F3N5O3. The summed E-state index contributed by atoms with van der Waals surface area (Å²) in [6.07, 6.45) is -1.26. The number of nitrogens with one attached hydrogen (secondary N) is 1. The summed E-state index contributed by atoms with van der Waals surface area (Å²) in [6.45, 7) is 4.85. The fraction of sp³-hybridized carbons (Fsp3) is 0.500. The van der Waals surface area contributed by atoms with Crippen LogP contribution in [-0.2, 0) is 14.3 Å². The van der Waals surface area contributed by atoms with E-state index in [1.165, 1.54) is 12.1 Å². The number of ether oxygens (including phenoxy) is 2. The summed E-state index contributed by atoms with van der Waals surface area (Å²) in [5.74, 6) is -0.431. The van der Waals surface area contributed by atoms with Crippen LogP contribution in [0.4, 0.5) is 13.2 Å². The molecule has 4 heterocycles. The number of rotatable bonds is 4. The second kappa shape index (κ2) is 8.79. The van der Waals surface area contributed by atoms with E-state index in [2.05, 4.69) is 10.3 Å². The van der Waals surface area contributed by atoms with Crippen LogP contribution in [0.1, 0.15) is 30.5 Å². The number of morpholine rings is 1. The van der Waals surface area contributed by atoms with E-state index in [4.69, 9.17) is 14.6 Å². The van der Waals surface area contributed by atoms with Gasteiger partial charge in [0, 0.05) is 18.7 Å². The Morgan fingerprint density at radius 3 is 2.70 bits per heavy atom. The molecule has 0 spiro atoms. The van der Waals surface area contributed by atoms with Gasteiger partial charge in [-0.1, -0.05) is 18.2 Å². The monoisotopic (exact) mass is 463 g/mol. The number of aliphatic imine (C=N–C) groups is 1. The van der Waals surface area contributed by atoms with Gasteiger partial charge >= 0.3 is 0 Å². The Labute approximate surface area is 188 Å². The highest BCUT2D eigenvalue weighted by Crippen LogP contribution is 2.31. The summed E-state index contributed by atoms with van der Waals surface area (Å²) in [5, 5.41) is 9.22. The van der Waals surface area contributed by atoms with Crippen molar-refractivity contribution in [1.82, 2.24) is 15.2 Å². The number of halogens is 3. The quantitative estimate of drug-likeness (QED) is 0.739. The van der Waals surface area contributed by atoms with Crippen molar-refractivity contribution in [2.75, 3.05) is 39.5 Å². The van der Waals surface area contributed by atoms with Crippen molar-refractivity contribution < 1.29 is 27.4 Å². The van der Waals surface area contributed by atoms with Crippen LogP contribution >= 0.6 is 0 Å². The molecule has 4 aliphatic rings. The molecule has 11 heteroatoms. The fourth-order valence-corrected chi connectivity index (χ4v) is 4.45. The van der Waals surface area contributed by atoms with Gasteiger partial charge in [-0.2, -0.15) is 5.10 Å². The van der Waals surface area contributed by atoms with Crippen LogP contribution in [0.15, 0.2) is 39.9 Å². The number of amidine groups is 2. The van der Waals surface area contributed by atoms with Gasteiger partial charge in [0.25, 0.3) is 12.3 Å².